The van der Waals surface area contributed by atoms with Crippen LogP contribution in [-0.2, 0) is 9.53 Å². The minimum absolute atomic E-state index is 0.0950. The first-order valence-corrected chi connectivity index (χ1v) is 9.22. The van der Waals surface area contributed by atoms with E-state index in [9.17, 15) is 19.7 Å². The minimum atomic E-state index is -0.546. The van der Waals surface area contributed by atoms with Crippen LogP contribution in [0.2, 0.25) is 5.02 Å². The van der Waals surface area contributed by atoms with Gasteiger partial charge in [-0.25, -0.2) is 0 Å². The number of nitro benzene ring substituents is 1. The minimum Gasteiger partial charge on any atom is -0.378 e. The summed E-state index contributed by atoms with van der Waals surface area (Å²) < 4.78 is 5.27. The van der Waals surface area contributed by atoms with Crippen LogP contribution in [0, 0.1) is 10.1 Å². The molecule has 1 aliphatic rings. The maximum atomic E-state index is 13.0. The summed E-state index contributed by atoms with van der Waals surface area (Å²) >= 11 is 5.90. The number of carbonyl (C=O) groups is 2. The molecule has 29 heavy (non-hydrogen) atoms. The van der Waals surface area contributed by atoms with Gasteiger partial charge in [-0.2, -0.15) is 0 Å². The van der Waals surface area contributed by atoms with Gasteiger partial charge in [0.15, 0.2) is 0 Å². The molecule has 1 aliphatic heterocycles. The molecule has 1 heterocycles. The Morgan fingerprint density at radius 3 is 2.28 bits per heavy atom. The Labute approximate surface area is 171 Å². The second-order valence-corrected chi connectivity index (χ2v) is 6.71. The largest absolute Gasteiger partial charge is 0.378 e. The molecule has 150 valence electrons. The molecular formula is C20H18ClN3O5. The summed E-state index contributed by atoms with van der Waals surface area (Å²) in [6.45, 7) is 1.70. The standard InChI is InChI=1S/C20H18ClN3O5/c21-16-5-1-14(2-6-16)13-18(20(26)23-9-11-29-12-10-23)22-19(25)15-3-7-17(8-4-15)24(27)28/h1-8,13H,9-12H2,(H,22,25). The second-order valence-electron chi connectivity index (χ2n) is 6.27. The number of ether oxygens (including phenoxy) is 1. The van der Waals surface area contributed by atoms with Gasteiger partial charge in [-0.05, 0) is 35.9 Å². The number of nitro groups is 1. The van der Waals surface area contributed by atoms with Gasteiger partial charge in [0, 0.05) is 35.8 Å². The molecule has 0 unspecified atom stereocenters. The van der Waals surface area contributed by atoms with Crippen molar-refractivity contribution in [3.05, 3.63) is 80.5 Å². The van der Waals surface area contributed by atoms with Gasteiger partial charge in [0.1, 0.15) is 5.70 Å². The lowest BCUT2D eigenvalue weighted by molar-refractivity contribution is -0.384. The molecule has 1 saturated heterocycles. The van der Waals surface area contributed by atoms with Gasteiger partial charge < -0.3 is 15.0 Å². The van der Waals surface area contributed by atoms with Crippen molar-refractivity contribution in [3.63, 3.8) is 0 Å². The van der Waals surface area contributed by atoms with Crippen molar-refractivity contribution in [3.8, 4) is 0 Å². The molecule has 1 N–H and O–H groups in total. The molecule has 0 saturated carbocycles. The van der Waals surface area contributed by atoms with Crippen molar-refractivity contribution >= 4 is 35.2 Å². The zero-order valence-electron chi connectivity index (χ0n) is 15.3. The van der Waals surface area contributed by atoms with E-state index in [0.29, 0.717) is 36.9 Å². The third-order valence-electron chi connectivity index (χ3n) is 4.30. The number of hydrogen-bond donors (Lipinski definition) is 1. The van der Waals surface area contributed by atoms with Crippen LogP contribution in [0.1, 0.15) is 15.9 Å². The first kappa shape index (κ1) is 20.5. The van der Waals surface area contributed by atoms with Crippen molar-refractivity contribution in [2.75, 3.05) is 26.3 Å². The van der Waals surface area contributed by atoms with Crippen molar-refractivity contribution in [2.45, 2.75) is 0 Å². The highest BCUT2D eigenvalue weighted by Crippen LogP contribution is 2.15. The quantitative estimate of drug-likeness (QED) is 0.459. The number of non-ortho nitro benzene ring substituents is 1. The molecule has 0 bridgehead atoms. The number of nitrogens with one attached hydrogen (secondary N) is 1. The van der Waals surface area contributed by atoms with E-state index in [1.165, 1.54) is 24.3 Å². The van der Waals surface area contributed by atoms with E-state index in [1.807, 2.05) is 0 Å². The summed E-state index contributed by atoms with van der Waals surface area (Å²) in [5, 5.41) is 14.0. The number of carbonyl (C=O) groups excluding carboxylic acids is 2. The fourth-order valence-electron chi connectivity index (χ4n) is 2.74. The number of hydrogen-bond acceptors (Lipinski definition) is 5. The van der Waals surface area contributed by atoms with Crippen LogP contribution in [0.4, 0.5) is 5.69 Å². The van der Waals surface area contributed by atoms with E-state index < -0.39 is 10.8 Å². The molecule has 0 radical (unpaired) electrons. The molecule has 0 atom stereocenters. The van der Waals surface area contributed by atoms with Crippen molar-refractivity contribution in [1.82, 2.24) is 10.2 Å². The third kappa shape index (κ3) is 5.40. The number of amides is 2. The molecule has 1 fully saturated rings. The fourth-order valence-corrected chi connectivity index (χ4v) is 2.87. The van der Waals surface area contributed by atoms with Gasteiger partial charge in [0.25, 0.3) is 17.5 Å². The van der Waals surface area contributed by atoms with Crippen LogP contribution in [0.15, 0.2) is 54.2 Å². The predicted octanol–water partition coefficient (Wildman–Crippen LogP) is 2.88. The van der Waals surface area contributed by atoms with Crippen molar-refractivity contribution < 1.29 is 19.2 Å². The van der Waals surface area contributed by atoms with Crippen LogP contribution in [0.5, 0.6) is 0 Å². The molecule has 0 spiro atoms. The van der Waals surface area contributed by atoms with E-state index in [-0.39, 0.29) is 22.9 Å². The topological polar surface area (TPSA) is 102 Å². The van der Waals surface area contributed by atoms with Crippen LogP contribution in [0.3, 0.4) is 0 Å². The summed E-state index contributed by atoms with van der Waals surface area (Å²) in [5.74, 6) is -0.875. The lowest BCUT2D eigenvalue weighted by Crippen LogP contribution is -2.44. The van der Waals surface area contributed by atoms with Gasteiger partial charge in [-0.1, -0.05) is 23.7 Å². The Morgan fingerprint density at radius 2 is 1.69 bits per heavy atom. The average Bonchev–Trinajstić information content (AvgIpc) is 2.75. The average molecular weight is 416 g/mol. The highest BCUT2D eigenvalue weighted by molar-refractivity contribution is 6.30. The molecule has 9 heteroatoms. The number of rotatable bonds is 5. The normalized spacial score (nSPS) is 14.4. The Hall–Kier alpha value is -3.23. The molecule has 0 aliphatic carbocycles. The highest BCUT2D eigenvalue weighted by atomic mass is 35.5. The first-order valence-electron chi connectivity index (χ1n) is 8.84. The molecule has 8 nitrogen and oxygen atoms in total. The van der Waals surface area contributed by atoms with Crippen LogP contribution in [-0.4, -0.2) is 47.9 Å². The van der Waals surface area contributed by atoms with E-state index in [4.69, 9.17) is 16.3 Å². The summed E-state index contributed by atoms with van der Waals surface area (Å²) in [7, 11) is 0. The molecule has 2 amide bonds. The van der Waals surface area contributed by atoms with E-state index in [2.05, 4.69) is 5.32 Å². The number of benzene rings is 2. The van der Waals surface area contributed by atoms with Gasteiger partial charge in [0.2, 0.25) is 0 Å². The highest BCUT2D eigenvalue weighted by Gasteiger charge is 2.23. The zero-order valence-corrected chi connectivity index (χ0v) is 16.1. The third-order valence-corrected chi connectivity index (χ3v) is 4.55. The van der Waals surface area contributed by atoms with Gasteiger partial charge >= 0.3 is 0 Å². The van der Waals surface area contributed by atoms with Crippen molar-refractivity contribution in [2.24, 2.45) is 0 Å². The molecule has 3 rings (SSSR count). The van der Waals surface area contributed by atoms with Gasteiger partial charge in [-0.15, -0.1) is 0 Å². The maximum absolute atomic E-state index is 13.0. The Balaban J connectivity index is 1.85. The fraction of sp³-hybridized carbons (Fsp3) is 0.200. The first-order chi connectivity index (χ1) is 13.9. The van der Waals surface area contributed by atoms with Crippen LogP contribution >= 0.6 is 11.6 Å². The Morgan fingerprint density at radius 1 is 1.07 bits per heavy atom. The molecule has 2 aromatic rings. The number of halogens is 1. The summed E-state index contributed by atoms with van der Waals surface area (Å²) in [5.41, 5.74) is 0.864. The molecular weight excluding hydrogens is 398 g/mol. The van der Waals surface area contributed by atoms with E-state index >= 15 is 0 Å². The number of nitrogens with zero attached hydrogens (tertiary/aromatic N) is 2. The smallest absolute Gasteiger partial charge is 0.270 e. The lowest BCUT2D eigenvalue weighted by atomic mass is 10.1. The van der Waals surface area contributed by atoms with Gasteiger partial charge in [0.05, 0.1) is 18.1 Å². The molecule has 0 aromatic heterocycles. The number of morpholine rings is 1. The predicted molar refractivity (Wildman–Crippen MR) is 107 cm³/mol. The summed E-state index contributed by atoms with van der Waals surface area (Å²) in [6.07, 6.45) is 1.57. The zero-order chi connectivity index (χ0) is 20.8. The SMILES string of the molecule is O=C(NC(=Cc1ccc(Cl)cc1)C(=O)N1CCOCC1)c1ccc([N+](=O)[O-])cc1. The summed E-state index contributed by atoms with van der Waals surface area (Å²) in [6, 6.07) is 12.0. The monoisotopic (exact) mass is 415 g/mol. The van der Waals surface area contributed by atoms with E-state index in [0.717, 1.165) is 0 Å². The Kier molecular flexibility index (Phi) is 6.58. The van der Waals surface area contributed by atoms with Gasteiger partial charge in [-0.3, -0.25) is 19.7 Å². The van der Waals surface area contributed by atoms with Crippen LogP contribution in [0.25, 0.3) is 6.08 Å². The summed E-state index contributed by atoms with van der Waals surface area (Å²) in [4.78, 5) is 37.4. The maximum Gasteiger partial charge on any atom is 0.270 e. The van der Waals surface area contributed by atoms with Crippen LogP contribution < -0.4 is 5.32 Å². The Bertz CT molecular complexity index is 936. The molecule has 2 aromatic carbocycles. The van der Waals surface area contributed by atoms with E-state index in [1.54, 1.807) is 35.2 Å². The van der Waals surface area contributed by atoms with Crippen molar-refractivity contribution in [1.29, 1.82) is 0 Å². The lowest BCUT2D eigenvalue weighted by Gasteiger charge is -2.27. The second kappa shape index (κ2) is 9.31.